The Hall–Kier alpha value is -0.710. The number of halogens is 3. The normalized spacial score (nSPS) is 18.4. The van der Waals surface area contributed by atoms with Crippen LogP contribution in [0.25, 0.3) is 0 Å². The minimum Gasteiger partial charge on any atom is -0.314 e. The molecule has 0 amide bonds. The Morgan fingerprint density at radius 3 is 2.25 bits per heavy atom. The summed E-state index contributed by atoms with van der Waals surface area (Å²) < 4.78 is 27.2. The molecule has 1 N–H and O–H groups in total. The molecule has 0 aliphatic carbocycles. The lowest BCUT2D eigenvalue weighted by Crippen LogP contribution is -2.48. The van der Waals surface area contributed by atoms with Crippen LogP contribution in [0.1, 0.15) is 32.4 Å². The summed E-state index contributed by atoms with van der Waals surface area (Å²) in [5.74, 6) is -0.965. The topological polar surface area (TPSA) is 15.3 Å². The summed E-state index contributed by atoms with van der Waals surface area (Å²) in [6.07, 6.45) is 0. The first-order valence-electron chi connectivity index (χ1n) is 6.79. The highest BCUT2D eigenvalue weighted by molar-refractivity contribution is 5.85. The summed E-state index contributed by atoms with van der Waals surface area (Å²) in [5.41, 5.74) is 0.492. The van der Waals surface area contributed by atoms with Gasteiger partial charge in [-0.1, -0.05) is 26.8 Å². The van der Waals surface area contributed by atoms with E-state index in [-0.39, 0.29) is 23.9 Å². The van der Waals surface area contributed by atoms with Gasteiger partial charge in [0, 0.05) is 43.9 Å². The zero-order valence-electron chi connectivity index (χ0n) is 12.2. The molecule has 1 aromatic carbocycles. The van der Waals surface area contributed by atoms with Crippen LogP contribution in [0.4, 0.5) is 8.78 Å². The predicted octanol–water partition coefficient (Wildman–Crippen LogP) is 3.38. The van der Waals surface area contributed by atoms with Gasteiger partial charge in [0.2, 0.25) is 0 Å². The lowest BCUT2D eigenvalue weighted by atomic mass is 9.80. The second kappa shape index (κ2) is 6.83. The van der Waals surface area contributed by atoms with E-state index in [1.807, 2.05) is 0 Å². The number of hydrogen-bond acceptors (Lipinski definition) is 2. The van der Waals surface area contributed by atoms with Gasteiger partial charge in [-0.25, -0.2) is 8.78 Å². The Balaban J connectivity index is 0.00000200. The van der Waals surface area contributed by atoms with E-state index >= 15 is 0 Å². The molecule has 0 radical (unpaired) electrons. The van der Waals surface area contributed by atoms with Crippen molar-refractivity contribution in [3.63, 3.8) is 0 Å². The minimum atomic E-state index is -0.519. The fourth-order valence-corrected chi connectivity index (χ4v) is 2.87. The third kappa shape index (κ3) is 3.90. The average molecular weight is 305 g/mol. The summed E-state index contributed by atoms with van der Waals surface area (Å²) in [5, 5.41) is 3.30. The molecule has 0 unspecified atom stereocenters. The first-order valence-corrected chi connectivity index (χ1v) is 6.79. The number of hydrogen-bond donors (Lipinski definition) is 1. The van der Waals surface area contributed by atoms with Gasteiger partial charge >= 0.3 is 0 Å². The van der Waals surface area contributed by atoms with Crippen LogP contribution in [0.5, 0.6) is 0 Å². The van der Waals surface area contributed by atoms with E-state index in [2.05, 4.69) is 31.0 Å². The van der Waals surface area contributed by atoms with Gasteiger partial charge in [0.05, 0.1) is 0 Å². The molecule has 114 valence electrons. The van der Waals surface area contributed by atoms with Crippen molar-refractivity contribution >= 4 is 12.4 Å². The van der Waals surface area contributed by atoms with Gasteiger partial charge in [-0.05, 0) is 11.5 Å². The number of piperazine rings is 1. The van der Waals surface area contributed by atoms with Gasteiger partial charge in [0.15, 0.2) is 0 Å². The molecule has 1 aliphatic heterocycles. The van der Waals surface area contributed by atoms with Gasteiger partial charge in [-0.3, -0.25) is 4.90 Å². The second-order valence-corrected chi connectivity index (χ2v) is 6.22. The molecule has 0 aromatic heterocycles. The van der Waals surface area contributed by atoms with Gasteiger partial charge in [0.1, 0.15) is 11.6 Å². The fourth-order valence-electron chi connectivity index (χ4n) is 2.87. The summed E-state index contributed by atoms with van der Waals surface area (Å²) >= 11 is 0. The summed E-state index contributed by atoms with van der Waals surface area (Å²) in [6, 6.07) is 3.88. The first-order chi connectivity index (χ1) is 8.89. The molecule has 1 heterocycles. The Kier molecular flexibility index (Phi) is 5.92. The van der Waals surface area contributed by atoms with Gasteiger partial charge in [0.25, 0.3) is 0 Å². The zero-order chi connectivity index (χ0) is 14.0. The van der Waals surface area contributed by atoms with Crippen LogP contribution in [0.3, 0.4) is 0 Å². The van der Waals surface area contributed by atoms with Crippen molar-refractivity contribution in [2.75, 3.05) is 26.2 Å². The smallest absolute Gasteiger partial charge is 0.130 e. The van der Waals surface area contributed by atoms with Crippen molar-refractivity contribution in [3.05, 3.63) is 35.4 Å². The number of nitrogens with zero attached hydrogens (tertiary/aromatic N) is 1. The minimum absolute atomic E-state index is 0. The molecule has 1 aromatic rings. The molecule has 1 saturated heterocycles. The van der Waals surface area contributed by atoms with Crippen LogP contribution < -0.4 is 5.32 Å². The van der Waals surface area contributed by atoms with Crippen molar-refractivity contribution in [2.45, 2.75) is 26.8 Å². The van der Waals surface area contributed by atoms with Crippen LogP contribution in [-0.4, -0.2) is 31.1 Å². The van der Waals surface area contributed by atoms with Crippen LogP contribution in [-0.2, 0) is 0 Å². The van der Waals surface area contributed by atoms with E-state index in [1.54, 1.807) is 6.07 Å². The Morgan fingerprint density at radius 1 is 1.15 bits per heavy atom. The second-order valence-electron chi connectivity index (χ2n) is 6.22. The Labute approximate surface area is 126 Å². The highest BCUT2D eigenvalue weighted by atomic mass is 35.5. The van der Waals surface area contributed by atoms with Crippen molar-refractivity contribution in [1.82, 2.24) is 10.2 Å². The Bertz CT molecular complexity index is 440. The number of rotatable bonds is 2. The first kappa shape index (κ1) is 17.3. The van der Waals surface area contributed by atoms with E-state index in [0.29, 0.717) is 5.56 Å². The standard InChI is InChI=1S/C15H22F2N2.ClH/c1-15(2,3)14(19-8-6-18-7-9-19)12-5-4-11(16)10-13(12)17;/h4-5,10,14,18H,6-9H2,1-3H3;1H/t14-;/m0./s1. The van der Waals surface area contributed by atoms with E-state index in [1.165, 1.54) is 6.07 Å². The third-order valence-corrected chi connectivity index (χ3v) is 3.59. The fraction of sp³-hybridized carbons (Fsp3) is 0.600. The molecule has 1 fully saturated rings. The molecule has 5 heteroatoms. The largest absolute Gasteiger partial charge is 0.314 e. The quantitative estimate of drug-likeness (QED) is 0.901. The molecule has 0 bridgehead atoms. The maximum atomic E-state index is 14.1. The van der Waals surface area contributed by atoms with Crippen LogP contribution in [0, 0.1) is 17.0 Å². The molecular formula is C15H23ClF2N2. The van der Waals surface area contributed by atoms with Gasteiger partial charge in [-0.15, -0.1) is 12.4 Å². The number of benzene rings is 1. The monoisotopic (exact) mass is 304 g/mol. The molecule has 0 spiro atoms. The van der Waals surface area contributed by atoms with E-state index in [9.17, 15) is 8.78 Å². The number of nitrogens with one attached hydrogen (secondary N) is 1. The molecule has 2 rings (SSSR count). The highest BCUT2D eigenvalue weighted by Crippen LogP contribution is 2.39. The van der Waals surface area contributed by atoms with Crippen LogP contribution in [0.15, 0.2) is 18.2 Å². The molecule has 1 aliphatic rings. The average Bonchev–Trinajstić information content (AvgIpc) is 2.32. The van der Waals surface area contributed by atoms with Gasteiger partial charge < -0.3 is 5.32 Å². The van der Waals surface area contributed by atoms with Gasteiger partial charge in [-0.2, -0.15) is 0 Å². The van der Waals surface area contributed by atoms with Crippen molar-refractivity contribution in [2.24, 2.45) is 5.41 Å². The predicted molar refractivity (Wildman–Crippen MR) is 80.2 cm³/mol. The lowest BCUT2D eigenvalue weighted by molar-refractivity contribution is 0.0833. The van der Waals surface area contributed by atoms with Crippen LogP contribution >= 0.6 is 12.4 Å². The summed E-state index contributed by atoms with van der Waals surface area (Å²) in [6.45, 7) is 9.90. The molecule has 20 heavy (non-hydrogen) atoms. The maximum absolute atomic E-state index is 14.1. The van der Waals surface area contributed by atoms with Crippen molar-refractivity contribution in [3.8, 4) is 0 Å². The van der Waals surface area contributed by atoms with Crippen molar-refractivity contribution < 1.29 is 8.78 Å². The highest BCUT2D eigenvalue weighted by Gasteiger charge is 2.34. The van der Waals surface area contributed by atoms with E-state index < -0.39 is 11.6 Å². The maximum Gasteiger partial charge on any atom is 0.130 e. The Morgan fingerprint density at radius 2 is 1.75 bits per heavy atom. The molecule has 2 nitrogen and oxygen atoms in total. The van der Waals surface area contributed by atoms with Crippen LogP contribution in [0.2, 0.25) is 0 Å². The summed E-state index contributed by atoms with van der Waals surface area (Å²) in [4.78, 5) is 2.28. The SMILES string of the molecule is CC(C)(C)[C@H](c1ccc(F)cc1F)N1CCNCC1.Cl. The summed E-state index contributed by atoms with van der Waals surface area (Å²) in [7, 11) is 0. The van der Waals surface area contributed by atoms with E-state index in [0.717, 1.165) is 32.2 Å². The zero-order valence-corrected chi connectivity index (χ0v) is 13.1. The molecule has 0 saturated carbocycles. The molecular weight excluding hydrogens is 282 g/mol. The molecule has 1 atom stereocenters. The van der Waals surface area contributed by atoms with Crippen molar-refractivity contribution in [1.29, 1.82) is 0 Å². The van der Waals surface area contributed by atoms with E-state index in [4.69, 9.17) is 0 Å². The third-order valence-electron chi connectivity index (χ3n) is 3.59. The lowest BCUT2D eigenvalue weighted by Gasteiger charge is -2.42.